The molecule has 3 aliphatic rings. The molecule has 1 aliphatic heterocycles. The van der Waals surface area contributed by atoms with Gasteiger partial charge in [0.2, 0.25) is 5.91 Å². The number of amides is 1. The second-order valence-corrected chi connectivity index (χ2v) is 10.1. The third kappa shape index (κ3) is 6.02. The molecule has 0 spiro atoms. The van der Waals surface area contributed by atoms with E-state index in [9.17, 15) is 4.79 Å². The summed E-state index contributed by atoms with van der Waals surface area (Å²) in [5, 5.41) is 16.7. The molecule has 1 saturated carbocycles. The molecule has 0 bridgehead atoms. The van der Waals surface area contributed by atoms with E-state index < -0.39 is 0 Å². The lowest BCUT2D eigenvalue weighted by molar-refractivity contribution is -0.121. The fourth-order valence-electron chi connectivity index (χ4n) is 5.00. The van der Waals surface area contributed by atoms with Gasteiger partial charge >= 0.3 is 0 Å². The van der Waals surface area contributed by atoms with Crippen molar-refractivity contribution in [2.45, 2.75) is 70.4 Å². The van der Waals surface area contributed by atoms with E-state index in [0.717, 1.165) is 17.9 Å². The normalized spacial score (nSPS) is 28.8. The van der Waals surface area contributed by atoms with Gasteiger partial charge in [0.05, 0.1) is 0 Å². The first-order valence-corrected chi connectivity index (χ1v) is 12.4. The maximum Gasteiger partial charge on any atom is 0.220 e. The van der Waals surface area contributed by atoms with Crippen molar-refractivity contribution in [3.63, 3.8) is 0 Å². The van der Waals surface area contributed by atoms with Gasteiger partial charge in [-0.05, 0) is 82.4 Å². The van der Waals surface area contributed by atoms with Crippen LogP contribution in [-0.2, 0) is 4.79 Å². The topological polar surface area (TPSA) is 77.0 Å². The Bertz CT molecular complexity index is 764. The summed E-state index contributed by atoms with van der Waals surface area (Å²) in [6.07, 6.45) is 9.54. The third-order valence-corrected chi connectivity index (χ3v) is 7.82. The first kappa shape index (κ1) is 24.1. The van der Waals surface area contributed by atoms with Crippen LogP contribution < -0.4 is 10.6 Å². The van der Waals surface area contributed by atoms with Crippen LogP contribution in [0.1, 0.15) is 58.3 Å². The van der Waals surface area contributed by atoms with E-state index in [0.29, 0.717) is 31.5 Å². The van der Waals surface area contributed by atoms with Crippen LogP contribution >= 0.6 is 11.8 Å². The lowest BCUT2D eigenvalue weighted by Crippen LogP contribution is -2.39. The van der Waals surface area contributed by atoms with Crippen molar-refractivity contribution in [1.29, 1.82) is 0 Å². The molecule has 0 radical (unpaired) electrons. The van der Waals surface area contributed by atoms with E-state index in [2.05, 4.69) is 48.1 Å². The van der Waals surface area contributed by atoms with Crippen LogP contribution in [0.2, 0.25) is 0 Å². The Balaban J connectivity index is 1.73. The number of carbonyl (C=O) groups is 1. The van der Waals surface area contributed by atoms with E-state index in [1.54, 1.807) is 18.0 Å². The Hall–Kier alpha value is -1.57. The minimum atomic E-state index is 0.0679. The average molecular weight is 447 g/mol. The van der Waals surface area contributed by atoms with Crippen LogP contribution in [0.15, 0.2) is 39.5 Å². The fraction of sp³-hybridized carbons (Fsp3) is 0.667. The number of carbonyl (C=O) groups excluding carboxylic acids is 1. The molecule has 3 rings (SSSR count). The van der Waals surface area contributed by atoms with Crippen molar-refractivity contribution in [2.24, 2.45) is 10.9 Å². The molecule has 0 aromatic carbocycles. The van der Waals surface area contributed by atoms with Crippen LogP contribution in [0.5, 0.6) is 0 Å². The van der Waals surface area contributed by atoms with Crippen LogP contribution in [0, 0.1) is 5.92 Å². The zero-order valence-corrected chi connectivity index (χ0v) is 20.1. The van der Waals surface area contributed by atoms with Crippen LogP contribution in [0.3, 0.4) is 0 Å². The van der Waals surface area contributed by atoms with Crippen molar-refractivity contribution in [1.82, 2.24) is 15.5 Å². The van der Waals surface area contributed by atoms with Crippen molar-refractivity contribution < 1.29 is 9.90 Å². The zero-order chi connectivity index (χ0) is 22.4. The van der Waals surface area contributed by atoms with Gasteiger partial charge in [-0.3, -0.25) is 4.79 Å². The maximum absolute atomic E-state index is 12.4. The molecule has 1 heterocycles. The Kier molecular flexibility index (Phi) is 8.81. The highest BCUT2D eigenvalue weighted by atomic mass is 32.2. The van der Waals surface area contributed by atoms with E-state index in [1.807, 2.05) is 0 Å². The van der Waals surface area contributed by atoms with Gasteiger partial charge in [0.15, 0.2) is 0 Å². The average Bonchev–Trinajstić information content (AvgIpc) is 3.28. The number of nitrogens with zero attached hydrogens (tertiary/aromatic N) is 2. The lowest BCUT2D eigenvalue weighted by atomic mass is 9.89. The molecule has 2 aliphatic carbocycles. The number of hydrogen-bond donors (Lipinski definition) is 3. The highest BCUT2D eigenvalue weighted by Gasteiger charge is 2.38. The predicted molar refractivity (Wildman–Crippen MR) is 130 cm³/mol. The van der Waals surface area contributed by atoms with Gasteiger partial charge < -0.3 is 20.6 Å². The van der Waals surface area contributed by atoms with Gasteiger partial charge in [-0.2, -0.15) is 0 Å². The summed E-state index contributed by atoms with van der Waals surface area (Å²) in [6, 6.07) is 1.17. The molecule has 31 heavy (non-hydrogen) atoms. The standard InChI is InChI=1S/C24H38N4O2S/c1-5-25-24-22(16(2)27-18-8-10-19(11-9-18)28(3)4)23-17(7-12-20(23)31-24)15-21(30)26-13-6-14-29/h5,17-19,27,29H,1,6-15H2,2-4H3,(H,26,30)/b22-16+,25-24+/t17?,18-,19-. The monoisotopic (exact) mass is 446 g/mol. The molecule has 0 saturated heterocycles. The summed E-state index contributed by atoms with van der Waals surface area (Å²) < 4.78 is 0. The summed E-state index contributed by atoms with van der Waals surface area (Å²) in [4.78, 5) is 20.7. The van der Waals surface area contributed by atoms with E-state index in [4.69, 9.17) is 5.11 Å². The van der Waals surface area contributed by atoms with Crippen LogP contribution in [0.4, 0.5) is 0 Å². The minimum Gasteiger partial charge on any atom is -0.396 e. The number of thioether (sulfide) groups is 1. The Morgan fingerprint density at radius 3 is 2.68 bits per heavy atom. The summed E-state index contributed by atoms with van der Waals surface area (Å²) in [5.41, 5.74) is 3.69. The summed E-state index contributed by atoms with van der Waals surface area (Å²) >= 11 is 1.75. The first-order chi connectivity index (χ1) is 14.9. The lowest BCUT2D eigenvalue weighted by Gasteiger charge is -2.34. The predicted octanol–water partition coefficient (Wildman–Crippen LogP) is 3.56. The number of aliphatic hydroxyl groups excluding tert-OH is 1. The largest absolute Gasteiger partial charge is 0.396 e. The van der Waals surface area contributed by atoms with Crippen molar-refractivity contribution in [2.75, 3.05) is 27.2 Å². The van der Waals surface area contributed by atoms with Gasteiger partial charge in [0.1, 0.15) is 5.04 Å². The first-order valence-electron chi connectivity index (χ1n) is 11.6. The molecular formula is C24H38N4O2S. The van der Waals surface area contributed by atoms with Gasteiger partial charge in [-0.25, -0.2) is 4.99 Å². The SMILES string of the molecule is C=C/N=C1/SC2=C(/C1=C(/C)N[C@H]1CC[C@H](N(C)C)CC1)C(CC(=O)NCCCO)CC2. The number of allylic oxidation sites excluding steroid dienone is 3. The highest BCUT2D eigenvalue weighted by molar-refractivity contribution is 8.18. The summed E-state index contributed by atoms with van der Waals surface area (Å²) in [6.45, 7) is 6.61. The molecule has 1 atom stereocenters. The van der Waals surface area contributed by atoms with E-state index in [1.165, 1.54) is 47.4 Å². The second kappa shape index (κ2) is 11.3. The third-order valence-electron chi connectivity index (χ3n) is 6.65. The Labute approximate surface area is 191 Å². The van der Waals surface area contributed by atoms with Gasteiger partial charge in [0, 0.05) is 49.1 Å². The fourth-order valence-corrected chi connectivity index (χ4v) is 6.33. The van der Waals surface area contributed by atoms with Crippen molar-refractivity contribution in [3.8, 4) is 0 Å². The van der Waals surface area contributed by atoms with Crippen molar-refractivity contribution >= 4 is 22.7 Å². The molecule has 1 amide bonds. The smallest absolute Gasteiger partial charge is 0.220 e. The van der Waals surface area contributed by atoms with Crippen molar-refractivity contribution in [3.05, 3.63) is 34.5 Å². The molecule has 6 nitrogen and oxygen atoms in total. The molecule has 0 aromatic rings. The van der Waals surface area contributed by atoms with Crippen LogP contribution in [0.25, 0.3) is 0 Å². The quantitative estimate of drug-likeness (QED) is 0.472. The van der Waals surface area contributed by atoms with Gasteiger partial charge in [-0.15, -0.1) is 0 Å². The molecule has 3 N–H and O–H groups in total. The molecule has 0 aromatic heterocycles. The van der Waals surface area contributed by atoms with E-state index in [-0.39, 0.29) is 18.4 Å². The number of rotatable bonds is 9. The van der Waals surface area contributed by atoms with Gasteiger partial charge in [0.25, 0.3) is 0 Å². The molecule has 1 fully saturated rings. The second-order valence-electron chi connectivity index (χ2n) is 9.04. The number of aliphatic imine (C=N–C) groups is 1. The molecular weight excluding hydrogens is 408 g/mol. The summed E-state index contributed by atoms with van der Waals surface area (Å²) in [5.74, 6) is 0.295. The molecule has 7 heteroatoms. The highest BCUT2D eigenvalue weighted by Crippen LogP contribution is 2.51. The number of hydrogen-bond acceptors (Lipinski definition) is 6. The number of nitrogens with one attached hydrogen (secondary N) is 2. The Morgan fingerprint density at radius 1 is 1.29 bits per heavy atom. The molecule has 1 unspecified atom stereocenters. The van der Waals surface area contributed by atoms with E-state index >= 15 is 0 Å². The van der Waals surface area contributed by atoms with Crippen LogP contribution in [-0.4, -0.2) is 60.3 Å². The maximum atomic E-state index is 12.4. The zero-order valence-electron chi connectivity index (χ0n) is 19.2. The molecule has 172 valence electrons. The Morgan fingerprint density at radius 2 is 2.03 bits per heavy atom. The number of aliphatic hydroxyl groups is 1. The minimum absolute atomic E-state index is 0.0679. The summed E-state index contributed by atoms with van der Waals surface area (Å²) in [7, 11) is 4.35. The van der Waals surface area contributed by atoms with Gasteiger partial charge in [-0.1, -0.05) is 18.3 Å².